The molecule has 0 aromatic heterocycles. The summed E-state index contributed by atoms with van der Waals surface area (Å²) in [6.07, 6.45) is 10.8. The van der Waals surface area contributed by atoms with Crippen molar-refractivity contribution in [2.75, 3.05) is 13.2 Å². The largest absolute Gasteiger partial charge is 0.464 e. The molecule has 1 unspecified atom stereocenters. The Hall–Kier alpha value is -1.68. The first-order chi connectivity index (χ1) is 9.69. The fraction of sp³-hybridized carbons (Fsp3) is 0.500. The van der Waals surface area contributed by atoms with E-state index in [1.807, 2.05) is 18.2 Å². The first-order valence-corrected chi connectivity index (χ1v) is 7.08. The van der Waals surface area contributed by atoms with Gasteiger partial charge in [-0.3, -0.25) is 4.79 Å². The summed E-state index contributed by atoms with van der Waals surface area (Å²) in [5.41, 5.74) is 2.11. The Kier molecular flexibility index (Phi) is 5.30. The van der Waals surface area contributed by atoms with Crippen LogP contribution in [0.2, 0.25) is 0 Å². The summed E-state index contributed by atoms with van der Waals surface area (Å²) in [5.74, 6) is -0.154. The minimum Gasteiger partial charge on any atom is -0.464 e. The molecule has 2 aliphatic rings. The van der Waals surface area contributed by atoms with Gasteiger partial charge < -0.3 is 9.47 Å². The summed E-state index contributed by atoms with van der Waals surface area (Å²) < 4.78 is 10.4. The number of ether oxygens (including phenoxy) is 2. The molecule has 0 aliphatic heterocycles. The third-order valence-corrected chi connectivity index (χ3v) is 3.33. The summed E-state index contributed by atoms with van der Waals surface area (Å²) in [5, 5.41) is 0. The third kappa shape index (κ3) is 4.17. The van der Waals surface area contributed by atoms with Gasteiger partial charge in [-0.05, 0) is 49.5 Å². The van der Waals surface area contributed by atoms with Crippen LogP contribution in [0.5, 0.6) is 0 Å². The summed E-state index contributed by atoms with van der Waals surface area (Å²) in [6.45, 7) is 2.10. The highest BCUT2D eigenvalue weighted by atomic mass is 16.6. The Morgan fingerprint density at radius 2 is 2.25 bits per heavy atom. The Morgan fingerprint density at radius 1 is 1.40 bits per heavy atom. The number of carbonyl (C=O) groups excluding carboxylic acids is 2. The average molecular weight is 276 g/mol. The highest BCUT2D eigenvalue weighted by Gasteiger charge is 2.17. The second kappa shape index (κ2) is 7.20. The van der Waals surface area contributed by atoms with Crippen LogP contribution in [0, 0.1) is 0 Å². The van der Waals surface area contributed by atoms with Crippen LogP contribution in [0.1, 0.15) is 32.6 Å². The van der Waals surface area contributed by atoms with E-state index in [4.69, 9.17) is 9.47 Å². The molecule has 20 heavy (non-hydrogen) atoms. The summed E-state index contributed by atoms with van der Waals surface area (Å²) in [6, 6.07) is 0. The topological polar surface area (TPSA) is 52.6 Å². The van der Waals surface area contributed by atoms with Crippen molar-refractivity contribution in [2.45, 2.75) is 38.7 Å². The Balaban J connectivity index is 1.95. The maximum absolute atomic E-state index is 11.5. The molecular formula is C16H20O4. The first-order valence-electron chi connectivity index (χ1n) is 7.08. The van der Waals surface area contributed by atoms with Crippen molar-refractivity contribution < 1.29 is 19.1 Å². The number of rotatable bonds is 5. The molecule has 0 heterocycles. The van der Waals surface area contributed by atoms with Crippen LogP contribution in [0.3, 0.4) is 0 Å². The van der Waals surface area contributed by atoms with Crippen LogP contribution in [-0.2, 0) is 19.1 Å². The number of ketones is 1. The predicted molar refractivity (Wildman–Crippen MR) is 75.2 cm³/mol. The van der Waals surface area contributed by atoms with E-state index < -0.39 is 0 Å². The normalized spacial score (nSPS) is 22.2. The number of esters is 1. The molecule has 2 aliphatic carbocycles. The molecule has 0 saturated heterocycles. The van der Waals surface area contributed by atoms with Crippen LogP contribution < -0.4 is 0 Å². The summed E-state index contributed by atoms with van der Waals surface area (Å²) in [7, 11) is 0. The molecule has 0 N–H and O–H groups in total. The van der Waals surface area contributed by atoms with Crippen LogP contribution in [0.15, 0.2) is 35.5 Å². The molecule has 108 valence electrons. The van der Waals surface area contributed by atoms with Gasteiger partial charge >= 0.3 is 5.97 Å². The smallest absolute Gasteiger partial charge is 0.332 e. The fourth-order valence-corrected chi connectivity index (χ4v) is 2.38. The lowest BCUT2D eigenvalue weighted by molar-refractivity contribution is -0.149. The lowest BCUT2D eigenvalue weighted by Gasteiger charge is -2.20. The van der Waals surface area contributed by atoms with Crippen molar-refractivity contribution in [3.63, 3.8) is 0 Å². The van der Waals surface area contributed by atoms with Gasteiger partial charge in [-0.2, -0.15) is 0 Å². The third-order valence-electron chi connectivity index (χ3n) is 3.33. The Labute approximate surface area is 119 Å². The minimum absolute atomic E-state index is 0.0336. The van der Waals surface area contributed by atoms with Gasteiger partial charge in [-0.25, -0.2) is 4.79 Å². The molecule has 0 bridgehead atoms. The number of hydrogen-bond acceptors (Lipinski definition) is 4. The molecular weight excluding hydrogens is 256 g/mol. The maximum atomic E-state index is 11.5. The zero-order chi connectivity index (χ0) is 14.4. The lowest BCUT2D eigenvalue weighted by Crippen LogP contribution is -2.20. The molecule has 0 saturated carbocycles. The predicted octanol–water partition coefficient (Wildman–Crippen LogP) is 2.50. The van der Waals surface area contributed by atoms with Crippen molar-refractivity contribution in [1.82, 2.24) is 0 Å². The highest BCUT2D eigenvalue weighted by Crippen LogP contribution is 2.26. The van der Waals surface area contributed by atoms with E-state index >= 15 is 0 Å². The standard InChI is InChI=1S/C16H20O4/c1-2-19-16(18)11-20-15-8-4-6-13(10-15)12-5-3-7-14(17)9-12/h4,6,9-10,15H,2-3,5,7-8,11H2,1H3. The van der Waals surface area contributed by atoms with Crippen molar-refractivity contribution >= 4 is 11.8 Å². The number of carbonyl (C=O) groups is 2. The molecule has 0 aromatic carbocycles. The zero-order valence-electron chi connectivity index (χ0n) is 11.8. The maximum Gasteiger partial charge on any atom is 0.332 e. The molecule has 0 spiro atoms. The van der Waals surface area contributed by atoms with Gasteiger partial charge in [0.05, 0.1) is 12.7 Å². The number of allylic oxidation sites excluding steroid dienone is 4. The van der Waals surface area contributed by atoms with Crippen molar-refractivity contribution in [3.05, 3.63) is 35.5 Å². The van der Waals surface area contributed by atoms with Gasteiger partial charge in [0.2, 0.25) is 0 Å². The average Bonchev–Trinajstić information content (AvgIpc) is 2.46. The van der Waals surface area contributed by atoms with Gasteiger partial charge in [-0.1, -0.05) is 12.2 Å². The summed E-state index contributed by atoms with van der Waals surface area (Å²) in [4.78, 5) is 22.7. The van der Waals surface area contributed by atoms with Gasteiger partial charge in [0, 0.05) is 6.42 Å². The monoisotopic (exact) mass is 276 g/mol. The van der Waals surface area contributed by atoms with E-state index in [-0.39, 0.29) is 24.5 Å². The van der Waals surface area contributed by atoms with Crippen LogP contribution in [0.25, 0.3) is 0 Å². The number of hydrogen-bond donors (Lipinski definition) is 0. The molecule has 0 fully saturated rings. The zero-order valence-corrected chi connectivity index (χ0v) is 11.8. The van der Waals surface area contributed by atoms with Gasteiger partial charge in [0.1, 0.15) is 6.61 Å². The second-order valence-electron chi connectivity index (χ2n) is 4.90. The van der Waals surface area contributed by atoms with Crippen molar-refractivity contribution in [1.29, 1.82) is 0 Å². The molecule has 0 amide bonds. The molecule has 0 radical (unpaired) electrons. The van der Waals surface area contributed by atoms with E-state index in [9.17, 15) is 9.59 Å². The van der Waals surface area contributed by atoms with E-state index in [0.717, 1.165) is 30.4 Å². The summed E-state index contributed by atoms with van der Waals surface area (Å²) >= 11 is 0. The highest BCUT2D eigenvalue weighted by molar-refractivity contribution is 5.92. The fourth-order valence-electron chi connectivity index (χ4n) is 2.38. The van der Waals surface area contributed by atoms with E-state index in [1.165, 1.54) is 0 Å². The van der Waals surface area contributed by atoms with E-state index in [1.54, 1.807) is 13.0 Å². The second-order valence-corrected chi connectivity index (χ2v) is 4.90. The van der Waals surface area contributed by atoms with Crippen LogP contribution in [-0.4, -0.2) is 31.1 Å². The SMILES string of the molecule is CCOC(=O)COC1C=C(C2=CC(=O)CCC2)C=CC1. The van der Waals surface area contributed by atoms with Crippen molar-refractivity contribution in [2.24, 2.45) is 0 Å². The molecule has 1 atom stereocenters. The Bertz CT molecular complexity index is 471. The first kappa shape index (κ1) is 14.7. The van der Waals surface area contributed by atoms with Gasteiger partial charge in [0.15, 0.2) is 5.78 Å². The van der Waals surface area contributed by atoms with E-state index in [2.05, 4.69) is 0 Å². The molecule has 2 rings (SSSR count). The van der Waals surface area contributed by atoms with Crippen LogP contribution in [0.4, 0.5) is 0 Å². The lowest BCUT2D eigenvalue weighted by atomic mass is 9.89. The molecule has 4 heteroatoms. The Morgan fingerprint density at radius 3 is 3.00 bits per heavy atom. The van der Waals surface area contributed by atoms with Crippen molar-refractivity contribution in [3.8, 4) is 0 Å². The molecule has 4 nitrogen and oxygen atoms in total. The van der Waals surface area contributed by atoms with Gasteiger partial charge in [0.25, 0.3) is 0 Å². The molecule has 0 aromatic rings. The van der Waals surface area contributed by atoms with Gasteiger partial charge in [-0.15, -0.1) is 0 Å². The van der Waals surface area contributed by atoms with E-state index in [0.29, 0.717) is 13.0 Å². The van der Waals surface area contributed by atoms with Crippen LogP contribution >= 0.6 is 0 Å². The quantitative estimate of drug-likeness (QED) is 0.724. The minimum atomic E-state index is -0.343.